The molecule has 0 amide bonds. The summed E-state index contributed by atoms with van der Waals surface area (Å²) >= 11 is 0.714. The number of hydrogen-bond donors (Lipinski definition) is 1. The number of thiazole rings is 1. The highest BCUT2D eigenvalue weighted by molar-refractivity contribution is 7.12. The second kappa shape index (κ2) is 6.58. The molecule has 0 atom stereocenters. The van der Waals surface area contributed by atoms with Crippen molar-refractivity contribution >= 4 is 11.3 Å². The highest BCUT2D eigenvalue weighted by Gasteiger charge is 2.36. The van der Waals surface area contributed by atoms with E-state index in [0.29, 0.717) is 39.9 Å². The highest BCUT2D eigenvalue weighted by atomic mass is 32.1. The minimum absolute atomic E-state index is 0.399. The van der Waals surface area contributed by atoms with E-state index in [0.717, 1.165) is 6.54 Å². The number of rotatable bonds is 5. The van der Waals surface area contributed by atoms with Gasteiger partial charge in [-0.15, -0.1) is 11.3 Å². The van der Waals surface area contributed by atoms with Crippen molar-refractivity contribution in [2.45, 2.75) is 26.6 Å². The summed E-state index contributed by atoms with van der Waals surface area (Å²) in [6.07, 6.45) is -4.40. The molecule has 0 spiro atoms. The van der Waals surface area contributed by atoms with E-state index in [1.807, 2.05) is 6.07 Å². The molecule has 6 heteroatoms. The van der Waals surface area contributed by atoms with Crippen LogP contribution in [0.2, 0.25) is 0 Å². The number of nitrogens with zero attached hydrogens (tertiary/aromatic N) is 1. The predicted molar refractivity (Wildman–Crippen MR) is 79.1 cm³/mol. The normalized spacial score (nSPS) is 12.1. The molecule has 2 aromatic rings. The summed E-state index contributed by atoms with van der Waals surface area (Å²) in [5, 5.41) is 2.39. The van der Waals surface area contributed by atoms with Gasteiger partial charge in [-0.25, -0.2) is 4.98 Å². The molecule has 0 bridgehead atoms. The standard InChI is InChI=1S/C15H17F3N2S/c1-10(2)8-19-9-12-13(11-6-4-3-5-7-11)20-14(21-12)15(16,17)18/h3-7,10,19H,8-9H2,1-2H3. The van der Waals surface area contributed by atoms with Crippen LogP contribution in [0.4, 0.5) is 13.2 Å². The van der Waals surface area contributed by atoms with Crippen molar-refractivity contribution in [1.29, 1.82) is 0 Å². The maximum absolute atomic E-state index is 12.9. The van der Waals surface area contributed by atoms with Crippen molar-refractivity contribution in [1.82, 2.24) is 10.3 Å². The third-order valence-electron chi connectivity index (χ3n) is 2.83. The van der Waals surface area contributed by atoms with Crippen LogP contribution in [-0.2, 0) is 12.7 Å². The van der Waals surface area contributed by atoms with Gasteiger partial charge in [0.05, 0.1) is 5.69 Å². The van der Waals surface area contributed by atoms with Crippen LogP contribution < -0.4 is 5.32 Å². The third-order valence-corrected chi connectivity index (χ3v) is 3.93. The van der Waals surface area contributed by atoms with E-state index >= 15 is 0 Å². The molecule has 2 rings (SSSR count). The van der Waals surface area contributed by atoms with Gasteiger partial charge in [0.25, 0.3) is 0 Å². The average molecular weight is 314 g/mol. The Bertz CT molecular complexity index is 576. The molecule has 0 unspecified atom stereocenters. The van der Waals surface area contributed by atoms with Crippen LogP contribution in [-0.4, -0.2) is 11.5 Å². The zero-order chi connectivity index (χ0) is 15.5. The Morgan fingerprint density at radius 3 is 2.43 bits per heavy atom. The van der Waals surface area contributed by atoms with Crippen LogP contribution in [0.25, 0.3) is 11.3 Å². The van der Waals surface area contributed by atoms with E-state index in [9.17, 15) is 13.2 Å². The summed E-state index contributed by atoms with van der Waals surface area (Å²) in [4.78, 5) is 4.42. The molecular weight excluding hydrogens is 297 g/mol. The lowest BCUT2D eigenvalue weighted by atomic mass is 10.1. The lowest BCUT2D eigenvalue weighted by molar-refractivity contribution is -0.137. The first-order chi connectivity index (χ1) is 9.88. The Kier molecular flexibility index (Phi) is 5.00. The molecular formula is C15H17F3N2S. The molecule has 0 aliphatic rings. The summed E-state index contributed by atoms with van der Waals surface area (Å²) in [5.74, 6) is 0.445. The number of halogens is 3. The zero-order valence-corrected chi connectivity index (χ0v) is 12.7. The minimum atomic E-state index is -4.40. The first-order valence-corrected chi connectivity index (χ1v) is 7.52. The molecule has 2 nitrogen and oxygen atoms in total. The molecule has 1 heterocycles. The minimum Gasteiger partial charge on any atom is -0.312 e. The van der Waals surface area contributed by atoms with Gasteiger partial charge in [0.1, 0.15) is 0 Å². The van der Waals surface area contributed by atoms with E-state index in [2.05, 4.69) is 24.1 Å². The molecule has 21 heavy (non-hydrogen) atoms. The monoisotopic (exact) mass is 314 g/mol. The summed E-state index contributed by atoms with van der Waals surface area (Å²) < 4.78 is 38.6. The molecule has 0 saturated carbocycles. The molecule has 1 aromatic heterocycles. The second-order valence-electron chi connectivity index (χ2n) is 5.18. The number of hydrogen-bond acceptors (Lipinski definition) is 3. The summed E-state index contributed by atoms with van der Waals surface area (Å²) in [5.41, 5.74) is 1.13. The van der Waals surface area contributed by atoms with Crippen molar-refractivity contribution in [3.8, 4) is 11.3 Å². The van der Waals surface area contributed by atoms with Crippen LogP contribution in [0.3, 0.4) is 0 Å². The first kappa shape index (κ1) is 16.0. The molecule has 0 aliphatic heterocycles. The summed E-state index contributed by atoms with van der Waals surface area (Å²) in [6.45, 7) is 5.27. The fourth-order valence-corrected chi connectivity index (χ4v) is 2.81. The zero-order valence-electron chi connectivity index (χ0n) is 11.9. The molecule has 1 N–H and O–H groups in total. The Morgan fingerprint density at radius 2 is 1.86 bits per heavy atom. The lowest BCUT2D eigenvalue weighted by Gasteiger charge is -2.07. The quantitative estimate of drug-likeness (QED) is 0.874. The smallest absolute Gasteiger partial charge is 0.312 e. The number of alkyl halides is 3. The second-order valence-corrected chi connectivity index (χ2v) is 6.26. The van der Waals surface area contributed by atoms with Gasteiger partial charge < -0.3 is 5.32 Å². The van der Waals surface area contributed by atoms with E-state index < -0.39 is 11.2 Å². The number of nitrogens with one attached hydrogen (secondary N) is 1. The van der Waals surface area contributed by atoms with Gasteiger partial charge >= 0.3 is 6.18 Å². The highest BCUT2D eigenvalue weighted by Crippen LogP contribution is 2.37. The van der Waals surface area contributed by atoms with Crippen LogP contribution >= 0.6 is 11.3 Å². The van der Waals surface area contributed by atoms with Gasteiger partial charge in [0.2, 0.25) is 0 Å². The summed E-state index contributed by atoms with van der Waals surface area (Å²) in [7, 11) is 0. The van der Waals surface area contributed by atoms with E-state index in [-0.39, 0.29) is 0 Å². The van der Waals surface area contributed by atoms with Crippen LogP contribution in [0.5, 0.6) is 0 Å². The van der Waals surface area contributed by atoms with Crippen molar-refractivity contribution in [3.05, 3.63) is 40.2 Å². The maximum atomic E-state index is 12.9. The van der Waals surface area contributed by atoms with Gasteiger partial charge in [0, 0.05) is 17.0 Å². The number of aromatic nitrogens is 1. The van der Waals surface area contributed by atoms with E-state index in [4.69, 9.17) is 0 Å². The number of benzene rings is 1. The van der Waals surface area contributed by atoms with Gasteiger partial charge in [-0.3, -0.25) is 0 Å². The largest absolute Gasteiger partial charge is 0.443 e. The SMILES string of the molecule is CC(C)CNCc1sc(C(F)(F)F)nc1-c1ccccc1. The molecule has 0 radical (unpaired) electrons. The topological polar surface area (TPSA) is 24.9 Å². The van der Waals surface area contributed by atoms with E-state index in [1.54, 1.807) is 24.3 Å². The fraction of sp³-hybridized carbons (Fsp3) is 0.400. The Hall–Kier alpha value is -1.40. The molecule has 0 saturated heterocycles. The van der Waals surface area contributed by atoms with Gasteiger partial charge in [0.15, 0.2) is 5.01 Å². The van der Waals surface area contributed by atoms with Crippen LogP contribution in [0.15, 0.2) is 30.3 Å². The van der Waals surface area contributed by atoms with Crippen molar-refractivity contribution in [2.75, 3.05) is 6.54 Å². The molecule has 1 aromatic carbocycles. The summed E-state index contributed by atoms with van der Waals surface area (Å²) in [6, 6.07) is 8.99. The van der Waals surface area contributed by atoms with Crippen molar-refractivity contribution < 1.29 is 13.2 Å². The fourth-order valence-electron chi connectivity index (χ4n) is 1.89. The molecule has 114 valence electrons. The van der Waals surface area contributed by atoms with Crippen LogP contribution in [0.1, 0.15) is 23.7 Å². The van der Waals surface area contributed by atoms with E-state index in [1.165, 1.54) is 0 Å². The lowest BCUT2D eigenvalue weighted by Crippen LogP contribution is -2.18. The molecule has 0 aliphatic carbocycles. The Morgan fingerprint density at radius 1 is 1.19 bits per heavy atom. The first-order valence-electron chi connectivity index (χ1n) is 6.71. The predicted octanol–water partition coefficient (Wildman–Crippen LogP) is 4.57. The maximum Gasteiger partial charge on any atom is 0.443 e. The third kappa shape index (κ3) is 4.28. The molecule has 0 fully saturated rings. The average Bonchev–Trinajstić information content (AvgIpc) is 2.83. The Balaban J connectivity index is 2.30. The Labute approximate surface area is 126 Å². The van der Waals surface area contributed by atoms with Gasteiger partial charge in [-0.05, 0) is 12.5 Å². The van der Waals surface area contributed by atoms with Crippen molar-refractivity contribution in [2.24, 2.45) is 5.92 Å². The van der Waals surface area contributed by atoms with Gasteiger partial charge in [-0.1, -0.05) is 44.2 Å². The van der Waals surface area contributed by atoms with Crippen molar-refractivity contribution in [3.63, 3.8) is 0 Å². The van der Waals surface area contributed by atoms with Crippen LogP contribution in [0, 0.1) is 5.92 Å². The van der Waals surface area contributed by atoms with Gasteiger partial charge in [-0.2, -0.15) is 13.2 Å².